The van der Waals surface area contributed by atoms with E-state index >= 15 is 0 Å². The van der Waals surface area contributed by atoms with E-state index in [2.05, 4.69) is 33.2 Å². The maximum Gasteiger partial charge on any atom is 0.191 e. The zero-order chi connectivity index (χ0) is 12.1. The fourth-order valence-corrected chi connectivity index (χ4v) is 2.33. The van der Waals surface area contributed by atoms with E-state index in [1.807, 2.05) is 6.26 Å². The molecule has 0 spiro atoms. The molecule has 0 saturated carbocycles. The second-order valence-electron chi connectivity index (χ2n) is 4.22. The number of anilines is 2. The molecule has 2 rings (SSSR count). The van der Waals surface area contributed by atoms with Crippen LogP contribution in [0, 0.1) is 0 Å². The molecule has 0 amide bonds. The molecular weight excluding hydrogens is 232 g/mol. The van der Waals surface area contributed by atoms with Gasteiger partial charge < -0.3 is 10.2 Å². The molecule has 0 unspecified atom stereocenters. The third-order valence-corrected chi connectivity index (χ3v) is 3.41. The normalized spacial score (nSPS) is 15.3. The highest BCUT2D eigenvalue weighted by atomic mass is 32.2. The molecule has 1 aliphatic rings. The van der Waals surface area contributed by atoms with Crippen LogP contribution in [0.15, 0.2) is 11.2 Å². The minimum absolute atomic E-state index is 0.855. The largest absolute Gasteiger partial charge is 0.370 e. The molecular formula is C12H20N4S. The lowest BCUT2D eigenvalue weighted by Crippen LogP contribution is -2.20. The SMILES string of the molecule is CCCNc1cc(N2CCCC2)nc(SC)n1. The zero-order valence-corrected chi connectivity index (χ0v) is 11.4. The van der Waals surface area contributed by atoms with E-state index in [1.54, 1.807) is 11.8 Å². The van der Waals surface area contributed by atoms with Crippen molar-refractivity contribution in [3.05, 3.63) is 6.07 Å². The van der Waals surface area contributed by atoms with Crippen LogP contribution in [-0.2, 0) is 0 Å². The quantitative estimate of drug-likeness (QED) is 0.644. The average Bonchev–Trinajstić information content (AvgIpc) is 2.89. The van der Waals surface area contributed by atoms with Crippen molar-refractivity contribution in [3.8, 4) is 0 Å². The molecule has 94 valence electrons. The van der Waals surface area contributed by atoms with Gasteiger partial charge in [-0.2, -0.15) is 0 Å². The van der Waals surface area contributed by atoms with Crippen molar-refractivity contribution < 1.29 is 0 Å². The summed E-state index contributed by atoms with van der Waals surface area (Å²) in [5.74, 6) is 2.02. The molecule has 0 aromatic carbocycles. The van der Waals surface area contributed by atoms with Gasteiger partial charge in [0.05, 0.1) is 0 Å². The Morgan fingerprint density at radius 1 is 1.35 bits per heavy atom. The predicted octanol–water partition coefficient (Wildman–Crippen LogP) is 2.62. The first-order valence-corrected chi connectivity index (χ1v) is 7.48. The standard InChI is InChI=1S/C12H20N4S/c1-3-6-13-10-9-11(15-12(14-10)17-2)16-7-4-5-8-16/h9H,3-8H2,1-2H3,(H,13,14,15). The van der Waals surface area contributed by atoms with Gasteiger partial charge in [-0.25, -0.2) is 9.97 Å². The molecule has 5 heteroatoms. The topological polar surface area (TPSA) is 41.0 Å². The Morgan fingerprint density at radius 3 is 2.76 bits per heavy atom. The smallest absolute Gasteiger partial charge is 0.191 e. The molecule has 0 radical (unpaired) electrons. The summed E-state index contributed by atoms with van der Waals surface area (Å²) in [5.41, 5.74) is 0. The summed E-state index contributed by atoms with van der Waals surface area (Å²) in [5, 5.41) is 4.20. The highest BCUT2D eigenvalue weighted by molar-refractivity contribution is 7.98. The van der Waals surface area contributed by atoms with Crippen LogP contribution in [0.1, 0.15) is 26.2 Å². The van der Waals surface area contributed by atoms with E-state index in [-0.39, 0.29) is 0 Å². The maximum atomic E-state index is 4.58. The van der Waals surface area contributed by atoms with E-state index in [1.165, 1.54) is 12.8 Å². The highest BCUT2D eigenvalue weighted by Crippen LogP contribution is 2.23. The summed E-state index contributed by atoms with van der Waals surface area (Å²) < 4.78 is 0. The van der Waals surface area contributed by atoms with Gasteiger partial charge in [0, 0.05) is 25.7 Å². The molecule has 1 aromatic rings. The van der Waals surface area contributed by atoms with Crippen molar-refractivity contribution in [2.45, 2.75) is 31.3 Å². The Balaban J connectivity index is 2.18. The van der Waals surface area contributed by atoms with Crippen LogP contribution < -0.4 is 10.2 Å². The molecule has 2 heterocycles. The minimum Gasteiger partial charge on any atom is -0.370 e. The first kappa shape index (κ1) is 12.5. The van der Waals surface area contributed by atoms with Crippen LogP contribution >= 0.6 is 11.8 Å². The molecule has 4 nitrogen and oxygen atoms in total. The van der Waals surface area contributed by atoms with Gasteiger partial charge in [0.15, 0.2) is 5.16 Å². The summed E-state index contributed by atoms with van der Waals surface area (Å²) in [6, 6.07) is 2.07. The molecule has 1 aromatic heterocycles. The zero-order valence-electron chi connectivity index (χ0n) is 10.6. The minimum atomic E-state index is 0.855. The summed E-state index contributed by atoms with van der Waals surface area (Å²) in [4.78, 5) is 11.4. The fourth-order valence-electron chi connectivity index (χ4n) is 1.96. The second kappa shape index (κ2) is 6.10. The van der Waals surface area contributed by atoms with Crippen LogP contribution in [0.4, 0.5) is 11.6 Å². The van der Waals surface area contributed by atoms with Crippen LogP contribution in [-0.4, -0.2) is 35.9 Å². The van der Waals surface area contributed by atoms with Crippen LogP contribution in [0.2, 0.25) is 0 Å². The Hall–Kier alpha value is -0.970. The van der Waals surface area contributed by atoms with Gasteiger partial charge in [0.25, 0.3) is 0 Å². The van der Waals surface area contributed by atoms with Crippen molar-refractivity contribution in [2.24, 2.45) is 0 Å². The lowest BCUT2D eigenvalue weighted by molar-refractivity contribution is 0.872. The molecule has 1 N–H and O–H groups in total. The van der Waals surface area contributed by atoms with Crippen LogP contribution in [0.5, 0.6) is 0 Å². The van der Waals surface area contributed by atoms with Crippen molar-refractivity contribution in [1.29, 1.82) is 0 Å². The summed E-state index contributed by atoms with van der Waals surface area (Å²) >= 11 is 1.60. The Labute approximate surface area is 107 Å². The van der Waals surface area contributed by atoms with Gasteiger partial charge in [-0.1, -0.05) is 18.7 Å². The van der Waals surface area contributed by atoms with Gasteiger partial charge in [-0.3, -0.25) is 0 Å². The van der Waals surface area contributed by atoms with Gasteiger partial charge >= 0.3 is 0 Å². The third-order valence-electron chi connectivity index (χ3n) is 2.86. The van der Waals surface area contributed by atoms with E-state index in [0.717, 1.165) is 42.8 Å². The van der Waals surface area contributed by atoms with Crippen LogP contribution in [0.25, 0.3) is 0 Å². The summed E-state index contributed by atoms with van der Waals surface area (Å²) in [6.45, 7) is 5.37. The Kier molecular flexibility index (Phi) is 4.48. The highest BCUT2D eigenvalue weighted by Gasteiger charge is 2.15. The molecule has 17 heavy (non-hydrogen) atoms. The second-order valence-corrected chi connectivity index (χ2v) is 4.99. The number of hydrogen-bond donors (Lipinski definition) is 1. The van der Waals surface area contributed by atoms with E-state index < -0.39 is 0 Å². The number of rotatable bonds is 5. The molecule has 0 atom stereocenters. The van der Waals surface area contributed by atoms with Crippen molar-refractivity contribution in [2.75, 3.05) is 36.1 Å². The van der Waals surface area contributed by atoms with Gasteiger partial charge in [-0.15, -0.1) is 0 Å². The third kappa shape index (κ3) is 3.25. The van der Waals surface area contributed by atoms with E-state index in [0.29, 0.717) is 0 Å². The lowest BCUT2D eigenvalue weighted by Gasteiger charge is -2.17. The number of aromatic nitrogens is 2. The number of hydrogen-bond acceptors (Lipinski definition) is 5. The van der Waals surface area contributed by atoms with Crippen molar-refractivity contribution >= 4 is 23.4 Å². The van der Waals surface area contributed by atoms with Gasteiger partial charge in [0.2, 0.25) is 0 Å². The summed E-state index contributed by atoms with van der Waals surface area (Å²) in [6.07, 6.45) is 5.68. The van der Waals surface area contributed by atoms with E-state index in [9.17, 15) is 0 Å². The molecule has 0 aliphatic carbocycles. The van der Waals surface area contributed by atoms with E-state index in [4.69, 9.17) is 0 Å². The molecule has 1 fully saturated rings. The summed E-state index contributed by atoms with van der Waals surface area (Å²) in [7, 11) is 0. The first-order valence-electron chi connectivity index (χ1n) is 6.25. The first-order chi connectivity index (χ1) is 8.33. The molecule has 0 bridgehead atoms. The number of nitrogens with zero attached hydrogens (tertiary/aromatic N) is 3. The monoisotopic (exact) mass is 252 g/mol. The Morgan fingerprint density at radius 2 is 2.12 bits per heavy atom. The fraction of sp³-hybridized carbons (Fsp3) is 0.667. The number of thioether (sulfide) groups is 1. The molecule has 1 aliphatic heterocycles. The maximum absolute atomic E-state index is 4.58. The Bertz CT molecular complexity index is 364. The van der Waals surface area contributed by atoms with Crippen molar-refractivity contribution in [3.63, 3.8) is 0 Å². The molecule has 1 saturated heterocycles. The average molecular weight is 252 g/mol. The predicted molar refractivity (Wildman–Crippen MR) is 74.0 cm³/mol. The number of nitrogens with one attached hydrogen (secondary N) is 1. The van der Waals surface area contributed by atoms with Gasteiger partial charge in [-0.05, 0) is 25.5 Å². The lowest BCUT2D eigenvalue weighted by atomic mass is 10.4. The van der Waals surface area contributed by atoms with Crippen LogP contribution in [0.3, 0.4) is 0 Å². The van der Waals surface area contributed by atoms with Gasteiger partial charge in [0.1, 0.15) is 11.6 Å². The van der Waals surface area contributed by atoms with Crippen molar-refractivity contribution in [1.82, 2.24) is 9.97 Å².